The molecule has 1 aromatic heterocycles. The monoisotopic (exact) mass is 543 g/mol. The minimum absolute atomic E-state index is 0.0292. The van der Waals surface area contributed by atoms with E-state index in [1.165, 1.54) is 0 Å². The topological polar surface area (TPSA) is 190 Å². The number of aromatic amines is 1. The molecule has 3 amide bonds. The molecular weight excluding hydrogens is 506 g/mol. The molecule has 0 saturated carbocycles. The molecule has 0 aliphatic carbocycles. The van der Waals surface area contributed by atoms with Crippen LogP contribution < -0.4 is 21.3 Å². The maximum Gasteiger partial charge on any atom is 0.326 e. The van der Waals surface area contributed by atoms with E-state index in [0.717, 1.165) is 22.9 Å². The number of hydrogen-bond donors (Lipinski definition) is 7. The maximum absolute atomic E-state index is 13.5. The Kier molecular flexibility index (Phi) is 10.4. The number of hydrogen-bond acceptors (Lipinski definition) is 6. The molecule has 1 saturated heterocycles. The van der Waals surface area contributed by atoms with Crippen molar-refractivity contribution in [1.29, 1.82) is 0 Å². The number of carbonyl (C=O) groups is 5. The molecular formula is C27H37N5O7. The summed E-state index contributed by atoms with van der Waals surface area (Å²) < 4.78 is 0. The molecule has 1 aliphatic rings. The van der Waals surface area contributed by atoms with Crippen molar-refractivity contribution in [2.24, 2.45) is 5.92 Å². The van der Waals surface area contributed by atoms with E-state index in [0.29, 0.717) is 13.0 Å². The Bertz CT molecular complexity index is 1190. The molecule has 1 aliphatic heterocycles. The molecule has 39 heavy (non-hydrogen) atoms. The normalized spacial score (nSPS) is 17.4. The first kappa shape index (κ1) is 29.6. The standard InChI is InChI=1S/C27H37N5O7/c1-15(2)12-22(27(38)39)32-25(36)20(9-10-23(33)34)30-26(37)21(31-24(35)19-8-5-11-28-19)13-16-14-29-18-7-4-3-6-17(16)18/h3-4,6-7,14-15,19-22,28-29H,5,8-13H2,1-2H3,(H,30,37)(H,31,35)(H,32,36)(H,33,34)(H,38,39). The van der Waals surface area contributed by atoms with Gasteiger partial charge in [-0.3, -0.25) is 19.2 Å². The first-order valence-electron chi connectivity index (χ1n) is 13.2. The lowest BCUT2D eigenvalue weighted by Gasteiger charge is -2.25. The summed E-state index contributed by atoms with van der Waals surface area (Å²) in [5.41, 5.74) is 1.64. The van der Waals surface area contributed by atoms with Crippen molar-refractivity contribution in [3.63, 3.8) is 0 Å². The Morgan fingerprint density at radius 1 is 0.974 bits per heavy atom. The first-order chi connectivity index (χ1) is 18.5. The van der Waals surface area contributed by atoms with Crippen molar-refractivity contribution < 1.29 is 34.2 Å². The number of benzene rings is 1. The van der Waals surface area contributed by atoms with Crippen molar-refractivity contribution >= 4 is 40.6 Å². The fourth-order valence-electron chi connectivity index (χ4n) is 4.68. The summed E-state index contributed by atoms with van der Waals surface area (Å²) in [4.78, 5) is 65.5. The highest BCUT2D eigenvalue weighted by atomic mass is 16.4. The van der Waals surface area contributed by atoms with E-state index < -0.39 is 54.3 Å². The zero-order valence-electron chi connectivity index (χ0n) is 22.2. The van der Waals surface area contributed by atoms with Crippen molar-refractivity contribution in [3.8, 4) is 0 Å². The zero-order valence-corrected chi connectivity index (χ0v) is 22.2. The summed E-state index contributed by atoms with van der Waals surface area (Å²) in [5.74, 6) is -4.25. The van der Waals surface area contributed by atoms with Gasteiger partial charge in [0.25, 0.3) is 0 Å². The Labute approximate surface area is 226 Å². The molecule has 12 heteroatoms. The number of H-pyrrole nitrogens is 1. The quantitative estimate of drug-likeness (QED) is 0.183. The number of carbonyl (C=O) groups excluding carboxylic acids is 3. The van der Waals surface area contributed by atoms with Gasteiger partial charge < -0.3 is 36.5 Å². The molecule has 12 nitrogen and oxygen atoms in total. The van der Waals surface area contributed by atoms with Crippen LogP contribution in [0, 0.1) is 5.92 Å². The summed E-state index contributed by atoms with van der Waals surface area (Å²) in [6, 6.07) is 3.49. The number of rotatable bonds is 14. The lowest BCUT2D eigenvalue weighted by molar-refractivity contribution is -0.143. The Balaban J connectivity index is 1.82. The predicted octanol–water partition coefficient (Wildman–Crippen LogP) is 0.912. The number of aliphatic carboxylic acids is 2. The third-order valence-electron chi connectivity index (χ3n) is 6.71. The highest BCUT2D eigenvalue weighted by molar-refractivity contribution is 5.95. The van der Waals surface area contributed by atoms with Crippen LogP contribution in [0.5, 0.6) is 0 Å². The van der Waals surface area contributed by atoms with E-state index in [1.54, 1.807) is 6.20 Å². The smallest absolute Gasteiger partial charge is 0.326 e. The first-order valence-corrected chi connectivity index (χ1v) is 13.2. The van der Waals surface area contributed by atoms with Gasteiger partial charge in [0.2, 0.25) is 17.7 Å². The minimum atomic E-state index is -1.31. The second-order valence-electron chi connectivity index (χ2n) is 10.3. The number of aromatic nitrogens is 1. The SMILES string of the molecule is CC(C)CC(NC(=O)C(CCC(=O)O)NC(=O)C(Cc1c[nH]c2ccccc12)NC(=O)C1CCCN1)C(=O)O. The van der Waals surface area contributed by atoms with Crippen molar-refractivity contribution in [2.45, 2.75) is 76.5 Å². The summed E-state index contributed by atoms with van der Waals surface area (Å²) in [5, 5.41) is 30.5. The fourth-order valence-corrected chi connectivity index (χ4v) is 4.68. The largest absolute Gasteiger partial charge is 0.481 e. The minimum Gasteiger partial charge on any atom is -0.481 e. The number of carboxylic acids is 2. The number of fused-ring (bicyclic) bond motifs is 1. The van der Waals surface area contributed by atoms with Crippen LogP contribution >= 0.6 is 0 Å². The number of para-hydroxylation sites is 1. The lowest BCUT2D eigenvalue weighted by Crippen LogP contribution is -2.57. The summed E-state index contributed by atoms with van der Waals surface area (Å²) in [7, 11) is 0. The summed E-state index contributed by atoms with van der Waals surface area (Å²) in [6.45, 7) is 4.31. The second kappa shape index (κ2) is 13.7. The van der Waals surface area contributed by atoms with Gasteiger partial charge in [-0.05, 0) is 49.8 Å². The average Bonchev–Trinajstić information content (AvgIpc) is 3.56. The van der Waals surface area contributed by atoms with Crippen LogP contribution in [0.25, 0.3) is 10.9 Å². The van der Waals surface area contributed by atoms with E-state index in [9.17, 15) is 34.2 Å². The van der Waals surface area contributed by atoms with Gasteiger partial charge in [-0.2, -0.15) is 0 Å². The van der Waals surface area contributed by atoms with Crippen LogP contribution in [0.2, 0.25) is 0 Å². The summed E-state index contributed by atoms with van der Waals surface area (Å²) in [6.07, 6.45) is 2.81. The van der Waals surface area contributed by atoms with Gasteiger partial charge in [0.05, 0.1) is 6.04 Å². The average molecular weight is 544 g/mol. The molecule has 2 aromatic rings. The highest BCUT2D eigenvalue weighted by Crippen LogP contribution is 2.20. The van der Waals surface area contributed by atoms with Crippen molar-refractivity contribution in [1.82, 2.24) is 26.3 Å². The zero-order chi connectivity index (χ0) is 28.5. The van der Waals surface area contributed by atoms with Gasteiger partial charge >= 0.3 is 11.9 Å². The maximum atomic E-state index is 13.5. The molecule has 1 aromatic carbocycles. The highest BCUT2D eigenvalue weighted by Gasteiger charge is 2.32. The van der Waals surface area contributed by atoms with Crippen LogP contribution in [0.4, 0.5) is 0 Å². The molecule has 4 atom stereocenters. The van der Waals surface area contributed by atoms with Crippen LogP contribution in [0.1, 0.15) is 51.5 Å². The van der Waals surface area contributed by atoms with Crippen LogP contribution in [-0.4, -0.2) is 75.6 Å². The van der Waals surface area contributed by atoms with E-state index in [4.69, 9.17) is 0 Å². The van der Waals surface area contributed by atoms with Gasteiger partial charge in [0.1, 0.15) is 18.1 Å². The fraction of sp³-hybridized carbons (Fsp3) is 0.519. The van der Waals surface area contributed by atoms with E-state index in [-0.39, 0.29) is 31.1 Å². The molecule has 1 fully saturated rings. The van der Waals surface area contributed by atoms with Crippen molar-refractivity contribution in [2.75, 3.05) is 6.54 Å². The number of amides is 3. The molecule has 0 radical (unpaired) electrons. The Morgan fingerprint density at radius 2 is 1.67 bits per heavy atom. The molecule has 7 N–H and O–H groups in total. The molecule has 3 rings (SSSR count). The van der Waals surface area contributed by atoms with Crippen LogP contribution in [0.15, 0.2) is 30.5 Å². The molecule has 2 heterocycles. The molecule has 0 bridgehead atoms. The molecule has 212 valence electrons. The molecule has 0 spiro atoms. The van der Waals surface area contributed by atoms with Crippen LogP contribution in [-0.2, 0) is 30.4 Å². The third-order valence-corrected chi connectivity index (χ3v) is 6.71. The van der Waals surface area contributed by atoms with Gasteiger partial charge in [-0.1, -0.05) is 32.0 Å². The van der Waals surface area contributed by atoms with Crippen molar-refractivity contribution in [3.05, 3.63) is 36.0 Å². The van der Waals surface area contributed by atoms with E-state index in [2.05, 4.69) is 26.3 Å². The van der Waals surface area contributed by atoms with E-state index in [1.807, 2.05) is 38.1 Å². The van der Waals surface area contributed by atoms with Crippen LogP contribution in [0.3, 0.4) is 0 Å². The van der Waals surface area contributed by atoms with Gasteiger partial charge in [-0.15, -0.1) is 0 Å². The van der Waals surface area contributed by atoms with Gasteiger partial charge in [0, 0.05) is 29.9 Å². The number of carboxylic acid groups (broad SMARTS) is 2. The second-order valence-corrected chi connectivity index (χ2v) is 10.3. The third kappa shape index (κ3) is 8.54. The summed E-state index contributed by atoms with van der Waals surface area (Å²) >= 11 is 0. The predicted molar refractivity (Wildman–Crippen MR) is 143 cm³/mol. The Morgan fingerprint density at radius 3 is 2.31 bits per heavy atom. The number of nitrogens with one attached hydrogen (secondary N) is 5. The van der Waals surface area contributed by atoms with E-state index >= 15 is 0 Å². The Hall–Kier alpha value is -3.93. The molecule has 4 unspecified atom stereocenters. The van der Waals surface area contributed by atoms with Gasteiger partial charge in [0.15, 0.2) is 0 Å². The lowest BCUT2D eigenvalue weighted by atomic mass is 10.0. The van der Waals surface area contributed by atoms with Gasteiger partial charge in [-0.25, -0.2) is 4.79 Å².